The van der Waals surface area contributed by atoms with Crippen LogP contribution in [0.5, 0.6) is 5.75 Å². The lowest BCUT2D eigenvalue weighted by molar-refractivity contribution is -0.171. The number of rotatable bonds is 10. The number of β-lactam (4-membered cyclic amide) rings is 1. The molecule has 1 amide bonds. The first-order chi connectivity index (χ1) is 18.8. The third-order valence-electron chi connectivity index (χ3n) is 7.60. The molecule has 4 rings (SSSR count). The van der Waals surface area contributed by atoms with Crippen molar-refractivity contribution in [2.75, 3.05) is 12.3 Å². The molecule has 9 N–H and O–H groups in total. The molecule has 0 bridgehead atoms. The third-order valence-corrected chi connectivity index (χ3v) is 13.1. The molecule has 17 heteroatoms. The number of ketones is 1. The molecule has 2 aliphatic rings. The first-order valence-corrected chi connectivity index (χ1v) is 16.7. The number of fused-ring (bicyclic) bond motifs is 2. The minimum absolute atomic E-state index is 0.0104. The van der Waals surface area contributed by atoms with Gasteiger partial charge in [-0.2, -0.15) is 0 Å². The highest BCUT2D eigenvalue weighted by Gasteiger charge is 2.72. The van der Waals surface area contributed by atoms with Crippen LogP contribution in [0.25, 0.3) is 10.8 Å². The monoisotopic (exact) mass is 631 g/mol. The van der Waals surface area contributed by atoms with Crippen molar-refractivity contribution in [1.82, 2.24) is 4.90 Å². The zero-order valence-electron chi connectivity index (χ0n) is 22.3. The molecule has 224 valence electrons. The molecular formula is C24H31N3O11P2S. The van der Waals surface area contributed by atoms with E-state index in [4.69, 9.17) is 16.2 Å². The van der Waals surface area contributed by atoms with Crippen LogP contribution in [0.4, 0.5) is 5.69 Å². The molecule has 2 aromatic carbocycles. The Morgan fingerprint density at radius 2 is 1.76 bits per heavy atom. The number of anilines is 1. The lowest BCUT2D eigenvalue weighted by atomic mass is 9.81. The number of aryl methyl sites for hydroxylation is 1. The topological polar surface area (TPSA) is 251 Å². The smallest absolute Gasteiger partial charge is 0.346 e. The largest absolute Gasteiger partial charge is 0.491 e. The number of benzene rings is 2. The lowest BCUT2D eigenvalue weighted by Crippen LogP contribution is -2.75. The number of hydrogen-bond donors (Lipinski definition) is 7. The molecule has 2 fully saturated rings. The van der Waals surface area contributed by atoms with E-state index in [1.165, 1.54) is 6.07 Å². The number of nitrogens with two attached hydrogens (primary N) is 2. The van der Waals surface area contributed by atoms with Crippen molar-refractivity contribution >= 4 is 61.1 Å². The summed E-state index contributed by atoms with van der Waals surface area (Å²) in [4.78, 5) is 78.6. The van der Waals surface area contributed by atoms with Gasteiger partial charge in [-0.05, 0) is 56.0 Å². The van der Waals surface area contributed by atoms with Crippen LogP contribution >= 0.6 is 27.0 Å². The first kappa shape index (κ1) is 31.5. The van der Waals surface area contributed by atoms with Crippen molar-refractivity contribution in [3.8, 4) is 5.75 Å². The van der Waals surface area contributed by atoms with E-state index in [9.17, 15) is 48.2 Å². The van der Waals surface area contributed by atoms with Gasteiger partial charge in [-0.15, -0.1) is 11.8 Å². The van der Waals surface area contributed by atoms with Gasteiger partial charge in [0, 0.05) is 0 Å². The number of aliphatic carboxylic acids is 1. The molecule has 2 heterocycles. The number of carboxylic acids is 1. The Morgan fingerprint density at radius 3 is 2.29 bits per heavy atom. The van der Waals surface area contributed by atoms with Gasteiger partial charge in [0.25, 0.3) is 0 Å². The Morgan fingerprint density at radius 1 is 1.15 bits per heavy atom. The van der Waals surface area contributed by atoms with Gasteiger partial charge in [-0.25, -0.2) is 4.79 Å². The Bertz CT molecular complexity index is 1530. The summed E-state index contributed by atoms with van der Waals surface area (Å²) in [5.41, 5.74) is 10.8. The Labute approximate surface area is 238 Å². The zero-order valence-corrected chi connectivity index (χ0v) is 24.9. The minimum atomic E-state index is -5.16. The summed E-state index contributed by atoms with van der Waals surface area (Å²) >= 11 is 1.09. The second-order valence-corrected chi connectivity index (χ2v) is 16.2. The summed E-state index contributed by atoms with van der Waals surface area (Å²) in [5.74, 6) is -4.12. The van der Waals surface area contributed by atoms with Crippen molar-refractivity contribution in [3.05, 3.63) is 35.4 Å². The van der Waals surface area contributed by atoms with E-state index in [-0.39, 0.29) is 30.0 Å². The van der Waals surface area contributed by atoms with Crippen molar-refractivity contribution < 1.29 is 52.9 Å². The highest BCUT2D eigenvalue weighted by atomic mass is 32.2. The summed E-state index contributed by atoms with van der Waals surface area (Å²) in [6.07, 6.45) is -0.752. The summed E-state index contributed by atoms with van der Waals surface area (Å²) < 4.78 is 28.1. The molecular weight excluding hydrogens is 600 g/mol. The van der Waals surface area contributed by atoms with E-state index in [1.54, 1.807) is 39.0 Å². The predicted octanol–water partition coefficient (Wildman–Crippen LogP) is 1.67. The Kier molecular flexibility index (Phi) is 7.94. The maximum Gasteiger partial charge on any atom is 0.346 e. The predicted molar refractivity (Wildman–Crippen MR) is 150 cm³/mol. The lowest BCUT2D eigenvalue weighted by Gasteiger charge is -2.47. The van der Waals surface area contributed by atoms with E-state index >= 15 is 0 Å². The van der Waals surface area contributed by atoms with Crippen LogP contribution in [-0.4, -0.2) is 75.0 Å². The number of nitrogens with zero attached hydrogens (tertiary/aromatic N) is 1. The van der Waals surface area contributed by atoms with Gasteiger partial charge >= 0.3 is 21.2 Å². The number of carboxylic acid groups (broad SMARTS) is 1. The second-order valence-electron chi connectivity index (χ2n) is 10.5. The van der Waals surface area contributed by atoms with Gasteiger partial charge in [-0.1, -0.05) is 18.2 Å². The summed E-state index contributed by atoms with van der Waals surface area (Å²) in [7, 11) is -10.3. The molecule has 3 unspecified atom stereocenters. The maximum atomic E-state index is 14.1. The van der Waals surface area contributed by atoms with Crippen molar-refractivity contribution in [3.63, 3.8) is 0 Å². The van der Waals surface area contributed by atoms with E-state index in [2.05, 4.69) is 0 Å². The molecule has 41 heavy (non-hydrogen) atoms. The van der Waals surface area contributed by atoms with E-state index in [0.29, 0.717) is 16.3 Å². The van der Waals surface area contributed by atoms with Gasteiger partial charge in [0.15, 0.2) is 16.9 Å². The van der Waals surface area contributed by atoms with Crippen LogP contribution < -0.4 is 16.2 Å². The first-order valence-electron chi connectivity index (χ1n) is 12.4. The van der Waals surface area contributed by atoms with E-state index < -0.39 is 66.4 Å². The zero-order chi connectivity index (χ0) is 30.9. The fraction of sp³-hybridized carbons (Fsp3) is 0.458. The average molecular weight is 632 g/mol. The molecule has 0 spiro atoms. The van der Waals surface area contributed by atoms with Crippen LogP contribution in [0.2, 0.25) is 0 Å². The average Bonchev–Trinajstić information content (AvgIpc) is 3.01. The molecule has 0 aliphatic carbocycles. The number of carbonyl (C=O) groups excluding carboxylic acids is 2. The molecule has 0 saturated carbocycles. The van der Waals surface area contributed by atoms with E-state index in [0.717, 1.165) is 16.7 Å². The highest BCUT2D eigenvalue weighted by molar-refractivity contribution is 8.01. The SMILES string of the molecule is CCOc1c(N)cc2c(CCC(P(=O)(O)O)P(=O)(O)O)cccc2c1C(=O)C1C(=O)N2C1SC(C)(C)C2(N)C(=O)O. The Hall–Kier alpha value is -2.48. The minimum Gasteiger partial charge on any atom is -0.491 e. The molecule has 0 radical (unpaired) electrons. The maximum absolute atomic E-state index is 14.1. The normalized spacial score (nSPS) is 23.9. The van der Waals surface area contributed by atoms with Crippen LogP contribution in [0.3, 0.4) is 0 Å². The summed E-state index contributed by atoms with van der Waals surface area (Å²) in [6.45, 7) is 4.94. The second kappa shape index (κ2) is 10.4. The fourth-order valence-electron chi connectivity index (χ4n) is 5.47. The quantitative estimate of drug-likeness (QED) is 0.0648. The molecule has 2 aromatic rings. The standard InChI is InChI=1S/C24H31N3O11P2S/c1-4-38-19-14(25)10-13-11(8-9-15(39(32,33)34)40(35,36)37)6-5-7-12(13)16(19)18(28)17-20(29)27-21(17)41-23(2,3)24(27,26)22(30)31/h5-7,10,15,17,21H,4,8-9,25-26H2,1-3H3,(H,30,31)(H2,32,33,34)(H2,35,36,37). The van der Waals surface area contributed by atoms with Crippen LogP contribution in [0, 0.1) is 5.92 Å². The summed E-state index contributed by atoms with van der Waals surface area (Å²) in [5, 5.41) is 7.41. The molecule has 0 aromatic heterocycles. The number of amides is 1. The Balaban J connectivity index is 1.81. The number of Topliss-reactive ketones (excluding diaryl/α,β-unsaturated/α-hetero) is 1. The van der Waals surface area contributed by atoms with Crippen molar-refractivity contribution in [1.29, 1.82) is 0 Å². The van der Waals surface area contributed by atoms with Gasteiger partial charge in [0.05, 0.1) is 28.0 Å². The van der Waals surface area contributed by atoms with Gasteiger partial charge in [0.1, 0.15) is 5.92 Å². The number of ether oxygens (including phenoxy) is 1. The van der Waals surface area contributed by atoms with Gasteiger partial charge in [0.2, 0.25) is 11.6 Å². The number of thioether (sulfide) groups is 1. The van der Waals surface area contributed by atoms with E-state index in [1.807, 2.05) is 0 Å². The molecule has 2 saturated heterocycles. The van der Waals surface area contributed by atoms with Crippen LogP contribution in [0.15, 0.2) is 24.3 Å². The van der Waals surface area contributed by atoms with Gasteiger partial charge in [-0.3, -0.25) is 29.4 Å². The van der Waals surface area contributed by atoms with Gasteiger partial charge < -0.3 is 35.2 Å². The molecule has 3 atom stereocenters. The number of hydrogen-bond acceptors (Lipinski definition) is 9. The third kappa shape index (κ3) is 4.98. The van der Waals surface area contributed by atoms with Crippen LogP contribution in [0.1, 0.15) is 43.1 Å². The molecule has 2 aliphatic heterocycles. The fourth-order valence-corrected chi connectivity index (χ4v) is 9.69. The number of nitrogen functional groups attached to an aromatic ring is 1. The number of carbonyl (C=O) groups is 3. The van der Waals surface area contributed by atoms with Crippen molar-refractivity contribution in [2.45, 2.75) is 54.8 Å². The summed E-state index contributed by atoms with van der Waals surface area (Å²) in [6, 6.07) is 6.15. The van der Waals surface area contributed by atoms with Crippen molar-refractivity contribution in [2.24, 2.45) is 11.7 Å². The highest BCUT2D eigenvalue weighted by Crippen LogP contribution is 2.62. The molecule has 14 nitrogen and oxygen atoms in total. The van der Waals surface area contributed by atoms with Crippen LogP contribution in [-0.2, 0) is 25.1 Å².